The number of hydrogen-bond donors (Lipinski definition) is 3. The van der Waals surface area contributed by atoms with Gasteiger partial charge in [0.1, 0.15) is 25.3 Å². The Bertz CT molecular complexity index is 302. The van der Waals surface area contributed by atoms with E-state index in [9.17, 15) is 10.2 Å². The van der Waals surface area contributed by atoms with Gasteiger partial charge in [-0.3, -0.25) is 0 Å². The van der Waals surface area contributed by atoms with Crippen molar-refractivity contribution in [2.75, 3.05) is 19.6 Å². The standard InChI is InChI=1S/C15H25NO2/c1-13(17)11-16(12-14(2)18)10-6-9-15-7-4-3-5-8-15/h3-5,7-8,13-14,17-18H,6,9-12H2,1-2H3/p+1/t13-,14-/m1/s1. The van der Waals surface area contributed by atoms with Crippen LogP contribution in [0.4, 0.5) is 0 Å². The minimum atomic E-state index is -0.310. The third-order valence-corrected chi connectivity index (χ3v) is 3.01. The van der Waals surface area contributed by atoms with E-state index in [2.05, 4.69) is 24.3 Å². The van der Waals surface area contributed by atoms with Crippen molar-refractivity contribution < 1.29 is 15.1 Å². The summed E-state index contributed by atoms with van der Waals surface area (Å²) in [5.74, 6) is 0. The van der Waals surface area contributed by atoms with Gasteiger partial charge in [0.2, 0.25) is 0 Å². The second kappa shape index (κ2) is 8.25. The summed E-state index contributed by atoms with van der Waals surface area (Å²) >= 11 is 0. The van der Waals surface area contributed by atoms with E-state index in [1.54, 1.807) is 13.8 Å². The summed E-state index contributed by atoms with van der Waals surface area (Å²) in [5, 5.41) is 18.9. The summed E-state index contributed by atoms with van der Waals surface area (Å²) in [7, 11) is 0. The maximum absolute atomic E-state index is 9.45. The minimum absolute atomic E-state index is 0.310. The molecule has 18 heavy (non-hydrogen) atoms. The van der Waals surface area contributed by atoms with Crippen LogP contribution in [0.15, 0.2) is 30.3 Å². The molecule has 0 radical (unpaired) electrons. The van der Waals surface area contributed by atoms with Crippen LogP contribution >= 0.6 is 0 Å². The Balaban J connectivity index is 2.32. The Morgan fingerprint density at radius 1 is 1.00 bits per heavy atom. The van der Waals surface area contributed by atoms with E-state index in [1.807, 2.05) is 6.07 Å². The monoisotopic (exact) mass is 252 g/mol. The molecule has 3 nitrogen and oxygen atoms in total. The topological polar surface area (TPSA) is 44.9 Å². The minimum Gasteiger partial charge on any atom is -0.388 e. The fourth-order valence-corrected chi connectivity index (χ4v) is 2.31. The zero-order chi connectivity index (χ0) is 13.4. The lowest BCUT2D eigenvalue weighted by atomic mass is 10.1. The average molecular weight is 252 g/mol. The molecule has 1 rings (SSSR count). The predicted molar refractivity (Wildman–Crippen MR) is 73.7 cm³/mol. The van der Waals surface area contributed by atoms with Crippen LogP contribution in [0.25, 0.3) is 0 Å². The molecule has 0 bridgehead atoms. The molecule has 0 fully saturated rings. The molecule has 0 aromatic heterocycles. The first kappa shape index (κ1) is 15.2. The highest BCUT2D eigenvalue weighted by Crippen LogP contribution is 2.00. The van der Waals surface area contributed by atoms with Gasteiger partial charge in [0.25, 0.3) is 0 Å². The fraction of sp³-hybridized carbons (Fsp3) is 0.600. The van der Waals surface area contributed by atoms with Gasteiger partial charge in [0.15, 0.2) is 0 Å². The molecule has 0 saturated carbocycles. The molecule has 1 aromatic rings. The van der Waals surface area contributed by atoms with Crippen LogP contribution in [-0.2, 0) is 6.42 Å². The molecule has 0 aliphatic carbocycles. The van der Waals surface area contributed by atoms with Crippen LogP contribution in [-0.4, -0.2) is 42.1 Å². The van der Waals surface area contributed by atoms with Crippen molar-refractivity contribution in [3.63, 3.8) is 0 Å². The molecule has 0 unspecified atom stereocenters. The van der Waals surface area contributed by atoms with E-state index in [0.29, 0.717) is 13.1 Å². The summed E-state index contributed by atoms with van der Waals surface area (Å²) in [5.41, 5.74) is 1.35. The van der Waals surface area contributed by atoms with Crippen molar-refractivity contribution in [2.24, 2.45) is 0 Å². The van der Waals surface area contributed by atoms with Crippen LogP contribution in [0.3, 0.4) is 0 Å². The number of nitrogens with one attached hydrogen (secondary N) is 1. The van der Waals surface area contributed by atoms with E-state index in [1.165, 1.54) is 10.5 Å². The molecule has 3 heteroatoms. The summed E-state index contributed by atoms with van der Waals surface area (Å²) in [6.07, 6.45) is 1.52. The molecule has 2 atom stereocenters. The maximum atomic E-state index is 9.45. The van der Waals surface area contributed by atoms with Gasteiger partial charge in [-0.1, -0.05) is 30.3 Å². The van der Waals surface area contributed by atoms with Gasteiger partial charge >= 0.3 is 0 Å². The fourth-order valence-electron chi connectivity index (χ4n) is 2.31. The zero-order valence-corrected chi connectivity index (χ0v) is 11.5. The van der Waals surface area contributed by atoms with Crippen molar-refractivity contribution >= 4 is 0 Å². The lowest BCUT2D eigenvalue weighted by Gasteiger charge is -2.22. The predicted octanol–water partition coefficient (Wildman–Crippen LogP) is 0.266. The lowest BCUT2D eigenvalue weighted by molar-refractivity contribution is -0.906. The molecular weight excluding hydrogens is 226 g/mol. The first-order valence-electron chi connectivity index (χ1n) is 6.81. The van der Waals surface area contributed by atoms with E-state index in [-0.39, 0.29) is 12.2 Å². The Morgan fingerprint density at radius 2 is 1.56 bits per heavy atom. The second-order valence-electron chi connectivity index (χ2n) is 5.20. The van der Waals surface area contributed by atoms with Gasteiger partial charge < -0.3 is 15.1 Å². The van der Waals surface area contributed by atoms with Crippen LogP contribution in [0.5, 0.6) is 0 Å². The second-order valence-corrected chi connectivity index (χ2v) is 5.20. The number of aliphatic hydroxyl groups is 2. The quantitative estimate of drug-likeness (QED) is 0.622. The smallest absolute Gasteiger partial charge is 0.103 e. The van der Waals surface area contributed by atoms with E-state index in [0.717, 1.165) is 19.4 Å². The van der Waals surface area contributed by atoms with E-state index < -0.39 is 0 Å². The van der Waals surface area contributed by atoms with E-state index >= 15 is 0 Å². The molecular formula is C15H26NO2+. The molecule has 0 aliphatic rings. The summed E-state index contributed by atoms with van der Waals surface area (Å²) < 4.78 is 0. The maximum Gasteiger partial charge on any atom is 0.103 e. The Hall–Kier alpha value is -0.900. The number of rotatable bonds is 8. The van der Waals surface area contributed by atoms with Crippen molar-refractivity contribution in [3.8, 4) is 0 Å². The number of hydrogen-bond acceptors (Lipinski definition) is 2. The van der Waals surface area contributed by atoms with Crippen molar-refractivity contribution in [1.29, 1.82) is 0 Å². The summed E-state index contributed by atoms with van der Waals surface area (Å²) in [6.45, 7) is 6.02. The Kier molecular flexibility index (Phi) is 6.94. The first-order valence-corrected chi connectivity index (χ1v) is 6.81. The molecule has 1 aromatic carbocycles. The third kappa shape index (κ3) is 6.74. The summed E-state index contributed by atoms with van der Waals surface area (Å²) in [4.78, 5) is 1.27. The number of benzene rings is 1. The molecule has 3 N–H and O–H groups in total. The number of quaternary nitrogens is 1. The van der Waals surface area contributed by atoms with E-state index in [4.69, 9.17) is 0 Å². The van der Waals surface area contributed by atoms with Crippen LogP contribution in [0.2, 0.25) is 0 Å². The molecule has 0 spiro atoms. The van der Waals surface area contributed by atoms with Crippen LogP contribution in [0.1, 0.15) is 25.8 Å². The van der Waals surface area contributed by atoms with Gasteiger partial charge in [0, 0.05) is 6.42 Å². The van der Waals surface area contributed by atoms with Crippen molar-refractivity contribution in [1.82, 2.24) is 0 Å². The van der Waals surface area contributed by atoms with Crippen LogP contribution in [0, 0.1) is 0 Å². The van der Waals surface area contributed by atoms with Gasteiger partial charge in [-0.15, -0.1) is 0 Å². The normalized spacial score (nSPS) is 14.7. The highest BCUT2D eigenvalue weighted by molar-refractivity contribution is 5.14. The number of aryl methyl sites for hydroxylation is 1. The number of aliphatic hydroxyl groups excluding tert-OH is 2. The molecule has 0 amide bonds. The highest BCUT2D eigenvalue weighted by atomic mass is 16.3. The van der Waals surface area contributed by atoms with Gasteiger partial charge in [-0.2, -0.15) is 0 Å². The van der Waals surface area contributed by atoms with Gasteiger partial charge in [-0.05, 0) is 25.8 Å². The molecule has 0 heterocycles. The molecule has 0 aliphatic heterocycles. The van der Waals surface area contributed by atoms with Crippen LogP contribution < -0.4 is 4.90 Å². The molecule has 102 valence electrons. The third-order valence-electron chi connectivity index (χ3n) is 3.01. The highest BCUT2D eigenvalue weighted by Gasteiger charge is 2.14. The first-order chi connectivity index (χ1) is 8.58. The zero-order valence-electron chi connectivity index (χ0n) is 11.5. The lowest BCUT2D eigenvalue weighted by Crippen LogP contribution is -3.14. The Labute approximate surface area is 110 Å². The average Bonchev–Trinajstić information content (AvgIpc) is 2.28. The van der Waals surface area contributed by atoms with Crippen molar-refractivity contribution in [2.45, 2.75) is 38.9 Å². The van der Waals surface area contributed by atoms with Crippen molar-refractivity contribution in [3.05, 3.63) is 35.9 Å². The summed E-state index contributed by atoms with van der Waals surface area (Å²) in [6, 6.07) is 10.4. The Morgan fingerprint density at radius 3 is 2.06 bits per heavy atom. The van der Waals surface area contributed by atoms with Gasteiger partial charge in [-0.25, -0.2) is 0 Å². The molecule has 0 saturated heterocycles. The van der Waals surface area contributed by atoms with Gasteiger partial charge in [0.05, 0.1) is 6.54 Å². The SMILES string of the molecule is C[C@@H](O)C[NH+](CCCc1ccccc1)C[C@@H](C)O. The largest absolute Gasteiger partial charge is 0.388 e.